The molecule has 2 N–H and O–H groups in total. The van der Waals surface area contributed by atoms with Crippen LogP contribution in [0.25, 0.3) is 0 Å². The van der Waals surface area contributed by atoms with Crippen LogP contribution in [0.1, 0.15) is 40.0 Å². The minimum atomic E-state index is -0.932. The van der Waals surface area contributed by atoms with Crippen LogP contribution in [-0.2, 0) is 14.3 Å². The Morgan fingerprint density at radius 1 is 1.30 bits per heavy atom. The summed E-state index contributed by atoms with van der Waals surface area (Å²) in [5.74, 6) is 5.10. The number of hydrazine groups is 1. The van der Waals surface area contributed by atoms with Crippen LogP contribution < -0.4 is 5.84 Å². The van der Waals surface area contributed by atoms with Gasteiger partial charge in [0, 0.05) is 18.9 Å². The van der Waals surface area contributed by atoms with Crippen LogP contribution in [0.2, 0.25) is 0 Å². The minimum absolute atomic E-state index is 0.272. The Morgan fingerprint density at radius 3 is 2.56 bits per heavy atom. The summed E-state index contributed by atoms with van der Waals surface area (Å²) in [6.45, 7) is 5.36. The van der Waals surface area contributed by atoms with Crippen LogP contribution in [0.4, 0.5) is 9.59 Å². The Balaban J connectivity index is 2.47. The SMILES string of the molecule is COC(=O)[C@H](CCCCN(N)C(=O)n1ccnc1)N=NC(=O)OC(C)(C)C. The number of esters is 1. The van der Waals surface area contributed by atoms with Gasteiger partial charge in [0.15, 0.2) is 6.04 Å². The molecule has 11 nitrogen and oxygen atoms in total. The summed E-state index contributed by atoms with van der Waals surface area (Å²) in [5, 5.41) is 8.19. The van der Waals surface area contributed by atoms with Crippen LogP contribution in [0.5, 0.6) is 0 Å². The van der Waals surface area contributed by atoms with Gasteiger partial charge in [0.2, 0.25) is 0 Å². The number of rotatable bonds is 7. The molecule has 0 saturated heterocycles. The van der Waals surface area contributed by atoms with Crippen molar-refractivity contribution >= 4 is 18.1 Å². The maximum atomic E-state index is 11.9. The lowest BCUT2D eigenvalue weighted by Gasteiger charge is -2.17. The fourth-order valence-corrected chi connectivity index (χ4v) is 1.99. The number of ether oxygens (including phenoxy) is 2. The number of methoxy groups -OCH3 is 1. The van der Waals surface area contributed by atoms with Gasteiger partial charge in [-0.2, -0.15) is 5.11 Å². The Morgan fingerprint density at radius 2 is 2.00 bits per heavy atom. The van der Waals surface area contributed by atoms with Gasteiger partial charge in [0.1, 0.15) is 11.9 Å². The molecule has 0 aliphatic heterocycles. The number of nitrogens with zero attached hydrogens (tertiary/aromatic N) is 5. The lowest BCUT2D eigenvalue weighted by molar-refractivity contribution is -0.142. The van der Waals surface area contributed by atoms with Crippen molar-refractivity contribution in [2.24, 2.45) is 16.1 Å². The van der Waals surface area contributed by atoms with Gasteiger partial charge in [-0.1, -0.05) is 5.11 Å². The van der Waals surface area contributed by atoms with E-state index in [2.05, 4.69) is 19.9 Å². The van der Waals surface area contributed by atoms with E-state index in [9.17, 15) is 14.4 Å². The molecule has 0 saturated carbocycles. The van der Waals surface area contributed by atoms with Crippen LogP contribution >= 0.6 is 0 Å². The molecule has 0 aliphatic rings. The second-order valence-electron chi connectivity index (χ2n) is 6.68. The standard InChI is InChI=1S/C16H26N6O5/c1-16(2,3)27-14(24)20-19-12(13(23)26-4)7-5-6-9-22(17)15(25)21-10-8-18-11-21/h8,10-12H,5-7,9,17H2,1-4H3/t12-/m0/s1. The average Bonchev–Trinajstić information content (AvgIpc) is 3.12. The lowest BCUT2D eigenvalue weighted by Crippen LogP contribution is -2.40. The highest BCUT2D eigenvalue weighted by Crippen LogP contribution is 2.11. The van der Waals surface area contributed by atoms with E-state index >= 15 is 0 Å². The van der Waals surface area contributed by atoms with Crippen LogP contribution in [0.3, 0.4) is 0 Å². The third kappa shape index (κ3) is 8.40. The molecule has 1 heterocycles. The molecular weight excluding hydrogens is 356 g/mol. The van der Waals surface area contributed by atoms with Crippen molar-refractivity contribution < 1.29 is 23.9 Å². The first-order valence-electron chi connectivity index (χ1n) is 8.40. The first-order chi connectivity index (χ1) is 12.6. The van der Waals surface area contributed by atoms with Gasteiger partial charge in [-0.25, -0.2) is 25.2 Å². The van der Waals surface area contributed by atoms with Gasteiger partial charge in [-0.15, -0.1) is 0 Å². The zero-order valence-corrected chi connectivity index (χ0v) is 16.0. The summed E-state index contributed by atoms with van der Waals surface area (Å²) in [6, 6.07) is -1.35. The smallest absolute Gasteiger partial charge is 0.452 e. The second kappa shape index (κ2) is 10.4. The third-order valence-corrected chi connectivity index (χ3v) is 3.24. The van der Waals surface area contributed by atoms with Gasteiger partial charge in [-0.05, 0) is 40.0 Å². The molecule has 0 aromatic carbocycles. The maximum Gasteiger partial charge on any atom is 0.452 e. The van der Waals surface area contributed by atoms with Crippen LogP contribution in [0, 0.1) is 0 Å². The number of amides is 2. The topological polar surface area (TPSA) is 141 Å². The Hall–Kier alpha value is -2.82. The summed E-state index contributed by atoms with van der Waals surface area (Å²) in [4.78, 5) is 39.1. The quantitative estimate of drug-likeness (QED) is 0.190. The highest BCUT2D eigenvalue weighted by atomic mass is 16.6. The largest absolute Gasteiger partial charge is 0.467 e. The second-order valence-corrected chi connectivity index (χ2v) is 6.68. The van der Waals surface area contributed by atoms with Crippen molar-refractivity contribution in [1.82, 2.24) is 14.6 Å². The number of hydrogen-bond acceptors (Lipinski definition) is 8. The number of aromatic nitrogens is 2. The Bertz CT molecular complexity index is 653. The predicted molar refractivity (Wildman–Crippen MR) is 94.7 cm³/mol. The average molecular weight is 382 g/mol. The summed E-state index contributed by atoms with van der Waals surface area (Å²) in [5.41, 5.74) is -0.705. The predicted octanol–water partition coefficient (Wildman–Crippen LogP) is 2.13. The van der Waals surface area contributed by atoms with Crippen LogP contribution in [0.15, 0.2) is 28.9 Å². The van der Waals surface area contributed by atoms with E-state index in [0.29, 0.717) is 12.8 Å². The number of unbranched alkanes of at least 4 members (excludes halogenated alkanes) is 1. The van der Waals surface area contributed by atoms with Crippen molar-refractivity contribution in [3.8, 4) is 0 Å². The molecule has 11 heteroatoms. The summed E-state index contributed by atoms with van der Waals surface area (Å²) in [7, 11) is 1.23. The van der Waals surface area contributed by atoms with E-state index in [1.54, 1.807) is 20.8 Å². The van der Waals surface area contributed by atoms with Gasteiger partial charge in [0.25, 0.3) is 0 Å². The van der Waals surface area contributed by atoms with Crippen molar-refractivity contribution in [3.63, 3.8) is 0 Å². The Kier molecular flexibility index (Phi) is 8.52. The molecule has 0 unspecified atom stereocenters. The van der Waals surface area contributed by atoms with E-state index < -0.39 is 29.7 Å². The summed E-state index contributed by atoms with van der Waals surface area (Å²) in [6.07, 6.45) is 4.76. The molecule has 0 fully saturated rings. The van der Waals surface area contributed by atoms with Crippen molar-refractivity contribution in [1.29, 1.82) is 0 Å². The molecular formula is C16H26N6O5. The molecule has 0 spiro atoms. The lowest BCUT2D eigenvalue weighted by atomic mass is 10.1. The maximum absolute atomic E-state index is 11.9. The molecule has 1 aromatic heterocycles. The van der Waals surface area contributed by atoms with Gasteiger partial charge in [-0.3, -0.25) is 9.58 Å². The van der Waals surface area contributed by atoms with Gasteiger partial charge >= 0.3 is 18.1 Å². The minimum Gasteiger partial charge on any atom is -0.467 e. The molecule has 0 bridgehead atoms. The number of carbonyl (C=O) groups is 3. The zero-order valence-electron chi connectivity index (χ0n) is 16.0. The fourth-order valence-electron chi connectivity index (χ4n) is 1.99. The van der Waals surface area contributed by atoms with Gasteiger partial charge < -0.3 is 9.47 Å². The molecule has 2 amide bonds. The fraction of sp³-hybridized carbons (Fsp3) is 0.625. The molecule has 1 atom stereocenters. The van der Waals surface area contributed by atoms with E-state index in [4.69, 9.17) is 10.6 Å². The van der Waals surface area contributed by atoms with Crippen molar-refractivity contribution in [3.05, 3.63) is 18.7 Å². The highest BCUT2D eigenvalue weighted by molar-refractivity contribution is 5.76. The highest BCUT2D eigenvalue weighted by Gasteiger charge is 2.21. The van der Waals surface area contributed by atoms with Crippen molar-refractivity contribution in [2.45, 2.75) is 51.7 Å². The van der Waals surface area contributed by atoms with E-state index in [1.165, 1.54) is 30.4 Å². The molecule has 0 aliphatic carbocycles. The first-order valence-corrected chi connectivity index (χ1v) is 8.40. The van der Waals surface area contributed by atoms with E-state index in [1.807, 2.05) is 0 Å². The molecule has 27 heavy (non-hydrogen) atoms. The number of carbonyl (C=O) groups excluding carboxylic acids is 3. The number of imidazole rings is 1. The third-order valence-electron chi connectivity index (χ3n) is 3.24. The number of hydrogen-bond donors (Lipinski definition) is 1. The number of nitrogens with two attached hydrogens (primary N) is 1. The molecule has 150 valence electrons. The van der Waals surface area contributed by atoms with E-state index in [-0.39, 0.29) is 13.0 Å². The summed E-state index contributed by atoms with van der Waals surface area (Å²) < 4.78 is 10.9. The molecule has 1 rings (SSSR count). The zero-order chi connectivity index (χ0) is 20.4. The van der Waals surface area contributed by atoms with E-state index in [0.717, 1.165) is 5.01 Å². The van der Waals surface area contributed by atoms with Gasteiger partial charge in [0.05, 0.1) is 7.11 Å². The molecule has 1 aromatic rings. The first kappa shape index (κ1) is 22.2. The van der Waals surface area contributed by atoms with Crippen LogP contribution in [-0.4, -0.2) is 58.0 Å². The number of azo groups is 1. The van der Waals surface area contributed by atoms with Crippen molar-refractivity contribution in [2.75, 3.05) is 13.7 Å². The summed E-state index contributed by atoms with van der Waals surface area (Å²) >= 11 is 0. The Labute approximate surface area is 157 Å². The molecule has 0 radical (unpaired) electrons. The normalized spacial score (nSPS) is 12.6. The monoisotopic (exact) mass is 382 g/mol.